The quantitative estimate of drug-likeness (QED) is 0.820. The van der Waals surface area contributed by atoms with Crippen molar-refractivity contribution in [3.05, 3.63) is 32.7 Å². The predicted octanol–water partition coefficient (Wildman–Crippen LogP) is 3.88. The van der Waals surface area contributed by atoms with E-state index in [1.54, 1.807) is 0 Å². The maximum absolute atomic E-state index is 13.4. The Balaban J connectivity index is 2.38. The van der Waals surface area contributed by atoms with Gasteiger partial charge in [-0.15, -0.1) is 5.10 Å². The first-order valence-corrected chi connectivity index (χ1v) is 5.63. The molecular weight excluding hydrogens is 276 g/mol. The Morgan fingerprint density at radius 3 is 2.75 bits per heavy atom. The molecule has 0 aliphatic carbocycles. The molecule has 1 aromatic carbocycles. The highest BCUT2D eigenvalue weighted by atomic mass is 35.5. The Kier molecular flexibility index (Phi) is 3.17. The molecular formula is C8H4ClF2N3S2. The molecule has 0 radical (unpaired) electrons. The molecule has 0 aliphatic heterocycles. The molecule has 1 heterocycles. The van der Waals surface area contributed by atoms with Crippen molar-refractivity contribution >= 4 is 46.0 Å². The molecule has 84 valence electrons. The fourth-order valence-corrected chi connectivity index (χ4v) is 2.09. The monoisotopic (exact) mass is 279 g/mol. The lowest BCUT2D eigenvalue weighted by Gasteiger charge is -2.05. The number of nitrogens with zero attached hydrogens (tertiary/aromatic N) is 1. The van der Waals surface area contributed by atoms with E-state index < -0.39 is 11.6 Å². The number of benzene rings is 1. The van der Waals surface area contributed by atoms with Crippen molar-refractivity contribution in [2.24, 2.45) is 0 Å². The van der Waals surface area contributed by atoms with E-state index in [-0.39, 0.29) is 10.7 Å². The minimum absolute atomic E-state index is 0.0270. The van der Waals surface area contributed by atoms with Crippen LogP contribution in [-0.2, 0) is 0 Å². The van der Waals surface area contributed by atoms with Crippen LogP contribution < -0.4 is 5.32 Å². The van der Waals surface area contributed by atoms with E-state index in [1.165, 1.54) is 0 Å². The Morgan fingerprint density at radius 1 is 1.44 bits per heavy atom. The minimum atomic E-state index is -0.786. The second kappa shape index (κ2) is 4.44. The highest BCUT2D eigenvalue weighted by Gasteiger charge is 2.11. The summed E-state index contributed by atoms with van der Waals surface area (Å²) in [4.78, 5) is 0. The summed E-state index contributed by atoms with van der Waals surface area (Å²) in [6.07, 6.45) is 0. The highest BCUT2D eigenvalue weighted by molar-refractivity contribution is 7.73. The number of aromatic nitrogens is 2. The molecule has 3 nitrogen and oxygen atoms in total. The van der Waals surface area contributed by atoms with Crippen LogP contribution in [0.4, 0.5) is 19.6 Å². The summed E-state index contributed by atoms with van der Waals surface area (Å²) < 4.78 is 26.6. The van der Waals surface area contributed by atoms with Crippen LogP contribution in [-0.4, -0.2) is 10.2 Å². The maximum atomic E-state index is 13.4. The Morgan fingerprint density at radius 2 is 2.19 bits per heavy atom. The average molecular weight is 280 g/mol. The Labute approximate surface area is 103 Å². The first kappa shape index (κ1) is 11.4. The number of halogens is 3. The number of rotatable bonds is 2. The van der Waals surface area contributed by atoms with Crippen LogP contribution in [0.25, 0.3) is 0 Å². The van der Waals surface area contributed by atoms with Crippen LogP contribution in [0.15, 0.2) is 12.1 Å². The molecule has 2 N–H and O–H groups in total. The van der Waals surface area contributed by atoms with Crippen LogP contribution in [0.3, 0.4) is 0 Å². The lowest BCUT2D eigenvalue weighted by molar-refractivity contribution is 0.586. The van der Waals surface area contributed by atoms with E-state index in [0.29, 0.717) is 9.09 Å². The molecule has 0 amide bonds. The number of anilines is 2. The van der Waals surface area contributed by atoms with Crippen LogP contribution >= 0.6 is 35.2 Å². The van der Waals surface area contributed by atoms with Gasteiger partial charge in [-0.3, -0.25) is 5.10 Å². The molecule has 0 spiro atoms. The van der Waals surface area contributed by atoms with Gasteiger partial charge >= 0.3 is 0 Å². The van der Waals surface area contributed by atoms with Crippen molar-refractivity contribution in [1.82, 2.24) is 10.2 Å². The molecule has 0 atom stereocenters. The molecule has 2 rings (SSSR count). The van der Waals surface area contributed by atoms with Crippen LogP contribution in [0, 0.1) is 15.6 Å². The van der Waals surface area contributed by atoms with E-state index in [2.05, 4.69) is 15.5 Å². The maximum Gasteiger partial charge on any atom is 0.208 e. The van der Waals surface area contributed by atoms with Crippen LogP contribution in [0.2, 0.25) is 5.02 Å². The first-order valence-electron chi connectivity index (χ1n) is 4.03. The van der Waals surface area contributed by atoms with Gasteiger partial charge in [0.25, 0.3) is 0 Å². The Bertz CT molecular complexity index is 558. The number of hydrogen-bond donors (Lipinski definition) is 2. The summed E-state index contributed by atoms with van der Waals surface area (Å²) in [6, 6.07) is 1.75. The van der Waals surface area contributed by atoms with Crippen molar-refractivity contribution in [1.29, 1.82) is 0 Å². The second-order valence-corrected chi connectivity index (χ2v) is 4.86. The van der Waals surface area contributed by atoms with Gasteiger partial charge in [-0.2, -0.15) is 0 Å². The number of H-pyrrole nitrogens is 1. The van der Waals surface area contributed by atoms with Gasteiger partial charge in [0.1, 0.15) is 5.82 Å². The van der Waals surface area contributed by atoms with Crippen molar-refractivity contribution in [2.75, 3.05) is 5.32 Å². The number of hydrogen-bond acceptors (Lipinski definition) is 4. The van der Waals surface area contributed by atoms with Gasteiger partial charge in [0.15, 0.2) is 9.77 Å². The van der Waals surface area contributed by atoms with Crippen molar-refractivity contribution in [2.45, 2.75) is 0 Å². The lowest BCUT2D eigenvalue weighted by Crippen LogP contribution is -1.95. The summed E-state index contributed by atoms with van der Waals surface area (Å²) in [5.74, 6) is -1.52. The fraction of sp³-hybridized carbons (Fsp3) is 0. The first-order chi connectivity index (χ1) is 7.56. The summed E-state index contributed by atoms with van der Waals surface area (Å²) in [6.45, 7) is 0. The highest BCUT2D eigenvalue weighted by Crippen LogP contribution is 2.29. The van der Waals surface area contributed by atoms with E-state index in [4.69, 9.17) is 23.8 Å². The zero-order chi connectivity index (χ0) is 11.7. The molecule has 8 heteroatoms. The molecule has 0 aliphatic rings. The second-order valence-electron chi connectivity index (χ2n) is 2.79. The van der Waals surface area contributed by atoms with E-state index in [1.807, 2.05) is 0 Å². The third kappa shape index (κ3) is 2.37. The topological polar surface area (TPSA) is 40.7 Å². The predicted molar refractivity (Wildman–Crippen MR) is 61.9 cm³/mol. The molecule has 0 fully saturated rings. The molecule has 16 heavy (non-hydrogen) atoms. The lowest BCUT2D eigenvalue weighted by atomic mass is 10.3. The van der Waals surface area contributed by atoms with Gasteiger partial charge in [-0.1, -0.05) is 22.9 Å². The van der Waals surface area contributed by atoms with Crippen molar-refractivity contribution in [3.63, 3.8) is 0 Å². The summed E-state index contributed by atoms with van der Waals surface area (Å²) >= 11 is 11.6. The molecule has 0 unspecified atom stereocenters. The number of nitrogens with one attached hydrogen (secondary N) is 2. The van der Waals surface area contributed by atoms with E-state index in [9.17, 15) is 8.78 Å². The smallest absolute Gasteiger partial charge is 0.208 e. The Hall–Kier alpha value is -1.05. The largest absolute Gasteiger partial charge is 0.326 e. The third-order valence-electron chi connectivity index (χ3n) is 1.68. The van der Waals surface area contributed by atoms with Crippen molar-refractivity contribution in [3.8, 4) is 0 Å². The molecule has 1 aromatic heterocycles. The minimum Gasteiger partial charge on any atom is -0.326 e. The number of aromatic amines is 1. The summed E-state index contributed by atoms with van der Waals surface area (Å²) in [5, 5.41) is 9.22. The normalized spacial score (nSPS) is 10.4. The zero-order valence-corrected chi connectivity index (χ0v) is 9.94. The van der Waals surface area contributed by atoms with Gasteiger partial charge in [-0.25, -0.2) is 8.78 Å². The standard InChI is InChI=1S/C8H4ClF2N3S2/c9-4-1-3(10)2-5(11)6(4)12-7-13-14-8(15)16-7/h1-2H,(H,12,13)(H,14,15). The van der Waals surface area contributed by atoms with Crippen LogP contribution in [0.5, 0.6) is 0 Å². The zero-order valence-electron chi connectivity index (χ0n) is 7.55. The molecule has 0 saturated carbocycles. The molecule has 0 bridgehead atoms. The SMILES string of the molecule is Fc1cc(F)c(Nc2n[nH]c(=S)s2)c(Cl)c1. The van der Waals surface area contributed by atoms with Crippen LogP contribution in [0.1, 0.15) is 0 Å². The molecule has 0 saturated heterocycles. The summed E-state index contributed by atoms with van der Waals surface area (Å²) in [7, 11) is 0. The van der Waals surface area contributed by atoms with Gasteiger partial charge in [0.2, 0.25) is 5.13 Å². The fourth-order valence-electron chi connectivity index (χ4n) is 1.05. The van der Waals surface area contributed by atoms with Gasteiger partial charge in [0, 0.05) is 6.07 Å². The van der Waals surface area contributed by atoms with Gasteiger partial charge in [-0.05, 0) is 18.3 Å². The molecule has 2 aromatic rings. The van der Waals surface area contributed by atoms with E-state index in [0.717, 1.165) is 23.5 Å². The van der Waals surface area contributed by atoms with Crippen molar-refractivity contribution < 1.29 is 8.78 Å². The van der Waals surface area contributed by atoms with Gasteiger partial charge < -0.3 is 5.32 Å². The third-order valence-corrected chi connectivity index (χ3v) is 2.98. The van der Waals surface area contributed by atoms with E-state index >= 15 is 0 Å². The summed E-state index contributed by atoms with van der Waals surface area (Å²) in [5.41, 5.74) is -0.0270. The average Bonchev–Trinajstić information content (AvgIpc) is 2.58. The van der Waals surface area contributed by atoms with Gasteiger partial charge in [0.05, 0.1) is 10.7 Å².